The predicted octanol–water partition coefficient (Wildman–Crippen LogP) is -0.0722. The number of aliphatic carboxylic acids is 1. The zero-order valence-corrected chi connectivity index (χ0v) is 20.5. The van der Waals surface area contributed by atoms with Crippen molar-refractivity contribution in [3.05, 3.63) is 65.7 Å². The number of carbonyl (C=O) groups excluding carboxylic acids is 2. The number of aliphatic hydroxyl groups excluding tert-OH is 3. The molecule has 0 aromatic heterocycles. The number of carboxylic acid groups (broad SMARTS) is 1. The summed E-state index contributed by atoms with van der Waals surface area (Å²) in [6.07, 6.45) is -8.33. The van der Waals surface area contributed by atoms with Crippen molar-refractivity contribution in [3.8, 4) is 5.75 Å². The van der Waals surface area contributed by atoms with E-state index in [1.807, 2.05) is 0 Å². The van der Waals surface area contributed by atoms with E-state index in [2.05, 4.69) is 0 Å². The van der Waals surface area contributed by atoms with Crippen molar-refractivity contribution in [2.24, 2.45) is 0 Å². The maximum atomic E-state index is 12.6. The van der Waals surface area contributed by atoms with Crippen LogP contribution in [0.1, 0.15) is 24.5 Å². The summed E-state index contributed by atoms with van der Waals surface area (Å²) >= 11 is 0. The highest BCUT2D eigenvalue weighted by Gasteiger charge is 2.45. The first kappa shape index (κ1) is 29.0. The van der Waals surface area contributed by atoms with Crippen LogP contribution < -0.4 is 4.74 Å². The largest absolute Gasteiger partial charge is 0.481 e. The first-order chi connectivity index (χ1) is 18.0. The van der Waals surface area contributed by atoms with Crippen molar-refractivity contribution in [2.45, 2.75) is 62.7 Å². The molecule has 1 saturated heterocycles. The Bertz CT molecular complexity index is 1090. The molecule has 1 aliphatic heterocycles. The zero-order valence-electron chi connectivity index (χ0n) is 20.5. The number of aliphatic hydroxyl groups is 4. The summed E-state index contributed by atoms with van der Waals surface area (Å²) < 4.78 is 21.0. The summed E-state index contributed by atoms with van der Waals surface area (Å²) in [4.78, 5) is 35.0. The number of carbonyl (C=O) groups is 3. The number of carboxylic acids is 1. The van der Waals surface area contributed by atoms with Gasteiger partial charge in [0.1, 0.15) is 43.4 Å². The standard InChI is InChI=1S/C26H30O12/c1-15(27)35-14-19-21(30)22(31)23(32)24(38-19)37-18-9-7-17(8-10-18)13-36-25(33)26(34,12-20(28)29)11-16-5-3-2-4-6-16/h2-10,19,21-24,30-32,34H,11-14H2,1H3,(H,28,29)/t19-,21-,22+,23-,24-,26-/m1/s1. The highest BCUT2D eigenvalue weighted by Crippen LogP contribution is 2.26. The summed E-state index contributed by atoms with van der Waals surface area (Å²) in [5, 5.41) is 50.4. The summed E-state index contributed by atoms with van der Waals surface area (Å²) in [7, 11) is 0. The Hall–Kier alpha value is -3.55. The SMILES string of the molecule is CC(=O)OC[C@H]1O[C@@H](Oc2ccc(COC(=O)[C@](O)(CC(=O)O)Cc3ccccc3)cc2)[C@H](O)[C@@H](O)[C@@H]1O. The van der Waals surface area contributed by atoms with Gasteiger partial charge in [0, 0.05) is 13.3 Å². The third kappa shape index (κ3) is 7.73. The molecule has 206 valence electrons. The molecule has 0 amide bonds. The molecule has 0 bridgehead atoms. The molecule has 0 aliphatic carbocycles. The summed E-state index contributed by atoms with van der Waals surface area (Å²) in [5.41, 5.74) is -1.22. The molecule has 0 unspecified atom stereocenters. The van der Waals surface area contributed by atoms with Crippen LogP contribution in [0.3, 0.4) is 0 Å². The van der Waals surface area contributed by atoms with Gasteiger partial charge in [0.2, 0.25) is 6.29 Å². The molecule has 12 nitrogen and oxygen atoms in total. The lowest BCUT2D eigenvalue weighted by molar-refractivity contribution is -0.278. The van der Waals surface area contributed by atoms with E-state index >= 15 is 0 Å². The minimum absolute atomic E-state index is 0.199. The monoisotopic (exact) mass is 534 g/mol. The van der Waals surface area contributed by atoms with Crippen molar-refractivity contribution in [1.82, 2.24) is 0 Å². The van der Waals surface area contributed by atoms with Gasteiger partial charge in [-0.05, 0) is 23.3 Å². The van der Waals surface area contributed by atoms with Gasteiger partial charge < -0.3 is 44.5 Å². The van der Waals surface area contributed by atoms with Gasteiger partial charge in [0.15, 0.2) is 5.60 Å². The van der Waals surface area contributed by atoms with E-state index in [1.54, 1.807) is 30.3 Å². The molecule has 6 atom stereocenters. The number of rotatable bonds is 11. The molecule has 1 fully saturated rings. The number of benzene rings is 2. The third-order valence-electron chi connectivity index (χ3n) is 5.83. The van der Waals surface area contributed by atoms with Crippen LogP contribution >= 0.6 is 0 Å². The Labute approximate surface area is 218 Å². The van der Waals surface area contributed by atoms with Gasteiger partial charge in [0.05, 0.1) is 6.42 Å². The zero-order chi connectivity index (χ0) is 27.9. The Kier molecular flexibility index (Phi) is 9.78. The second kappa shape index (κ2) is 12.8. The molecule has 0 radical (unpaired) electrons. The number of hydrogen-bond acceptors (Lipinski definition) is 11. The van der Waals surface area contributed by atoms with Crippen molar-refractivity contribution in [1.29, 1.82) is 0 Å². The maximum Gasteiger partial charge on any atom is 0.339 e. The van der Waals surface area contributed by atoms with Crippen LogP contribution in [0, 0.1) is 0 Å². The van der Waals surface area contributed by atoms with Gasteiger partial charge in [-0.25, -0.2) is 4.79 Å². The molecule has 5 N–H and O–H groups in total. The van der Waals surface area contributed by atoms with E-state index < -0.39 is 60.6 Å². The fraction of sp³-hybridized carbons (Fsp3) is 0.423. The molecular formula is C26H30O12. The minimum atomic E-state index is -2.27. The van der Waals surface area contributed by atoms with E-state index in [0.717, 1.165) is 0 Å². The first-order valence-corrected chi connectivity index (χ1v) is 11.7. The van der Waals surface area contributed by atoms with E-state index in [4.69, 9.17) is 18.9 Å². The number of esters is 2. The highest BCUT2D eigenvalue weighted by atomic mass is 16.7. The van der Waals surface area contributed by atoms with E-state index in [9.17, 15) is 39.9 Å². The lowest BCUT2D eigenvalue weighted by Gasteiger charge is -2.39. The van der Waals surface area contributed by atoms with Gasteiger partial charge in [-0.3, -0.25) is 9.59 Å². The smallest absolute Gasteiger partial charge is 0.339 e. The Morgan fingerprint density at radius 3 is 2.16 bits per heavy atom. The van der Waals surface area contributed by atoms with Crippen molar-refractivity contribution in [2.75, 3.05) is 6.61 Å². The summed E-state index contributed by atoms with van der Waals surface area (Å²) in [5.74, 6) is -2.86. The van der Waals surface area contributed by atoms with Crippen LogP contribution in [0.2, 0.25) is 0 Å². The quantitative estimate of drug-likeness (QED) is 0.242. The molecule has 1 heterocycles. The molecule has 2 aromatic carbocycles. The third-order valence-corrected chi connectivity index (χ3v) is 5.83. The van der Waals surface area contributed by atoms with E-state index in [1.165, 1.54) is 31.2 Å². The van der Waals surface area contributed by atoms with Crippen LogP contribution in [0.4, 0.5) is 0 Å². The van der Waals surface area contributed by atoms with Crippen molar-refractivity contribution >= 4 is 17.9 Å². The summed E-state index contributed by atoms with van der Waals surface area (Å²) in [6.45, 7) is 0.542. The lowest BCUT2D eigenvalue weighted by atomic mass is 9.91. The molecule has 3 rings (SSSR count). The normalized spacial score (nSPS) is 24.6. The van der Waals surface area contributed by atoms with Crippen molar-refractivity contribution in [3.63, 3.8) is 0 Å². The van der Waals surface area contributed by atoms with Gasteiger partial charge in [0.25, 0.3) is 0 Å². The molecular weight excluding hydrogens is 504 g/mol. The van der Waals surface area contributed by atoms with Crippen LogP contribution in [0.15, 0.2) is 54.6 Å². The number of hydrogen-bond donors (Lipinski definition) is 5. The average molecular weight is 535 g/mol. The van der Waals surface area contributed by atoms with Crippen LogP contribution in [-0.4, -0.2) is 86.4 Å². The van der Waals surface area contributed by atoms with E-state index in [0.29, 0.717) is 11.1 Å². The Morgan fingerprint density at radius 2 is 1.55 bits per heavy atom. The molecule has 2 aromatic rings. The fourth-order valence-electron chi connectivity index (χ4n) is 3.82. The minimum Gasteiger partial charge on any atom is -0.481 e. The van der Waals surface area contributed by atoms with Crippen LogP contribution in [0.5, 0.6) is 5.75 Å². The Balaban J connectivity index is 1.60. The second-order valence-corrected chi connectivity index (χ2v) is 8.92. The predicted molar refractivity (Wildman–Crippen MR) is 128 cm³/mol. The van der Waals surface area contributed by atoms with E-state index in [-0.39, 0.29) is 25.4 Å². The van der Waals surface area contributed by atoms with Crippen LogP contribution in [0.25, 0.3) is 0 Å². The fourth-order valence-corrected chi connectivity index (χ4v) is 3.82. The lowest BCUT2D eigenvalue weighted by Crippen LogP contribution is -2.60. The average Bonchev–Trinajstić information content (AvgIpc) is 2.87. The summed E-state index contributed by atoms with van der Waals surface area (Å²) in [6, 6.07) is 14.4. The molecule has 0 saturated carbocycles. The Morgan fingerprint density at radius 1 is 0.895 bits per heavy atom. The maximum absolute atomic E-state index is 12.6. The van der Waals surface area contributed by atoms with Gasteiger partial charge in [-0.2, -0.15) is 0 Å². The molecule has 1 aliphatic rings. The number of ether oxygens (including phenoxy) is 4. The molecule has 12 heteroatoms. The van der Waals surface area contributed by atoms with Crippen LogP contribution in [-0.2, 0) is 41.6 Å². The second-order valence-electron chi connectivity index (χ2n) is 8.92. The van der Waals surface area contributed by atoms with Gasteiger partial charge in [-0.15, -0.1) is 0 Å². The van der Waals surface area contributed by atoms with Gasteiger partial charge >= 0.3 is 17.9 Å². The highest BCUT2D eigenvalue weighted by molar-refractivity contribution is 5.85. The first-order valence-electron chi connectivity index (χ1n) is 11.7. The molecule has 0 spiro atoms. The molecule has 38 heavy (non-hydrogen) atoms. The van der Waals surface area contributed by atoms with Crippen molar-refractivity contribution < 1.29 is 58.9 Å². The van der Waals surface area contributed by atoms with Gasteiger partial charge in [-0.1, -0.05) is 42.5 Å². The topological polar surface area (TPSA) is 189 Å².